The van der Waals surface area contributed by atoms with E-state index in [1.54, 1.807) is 0 Å². The third-order valence-corrected chi connectivity index (χ3v) is 14.5. The summed E-state index contributed by atoms with van der Waals surface area (Å²) in [5.74, 6) is -0.424. The Morgan fingerprint density at radius 3 is 2.06 bits per heavy atom. The molecule has 0 aromatic carbocycles. The molecule has 0 spiro atoms. The van der Waals surface area contributed by atoms with Crippen LogP contribution in [0.3, 0.4) is 0 Å². The molecule has 0 saturated carbocycles. The lowest BCUT2D eigenvalue weighted by Crippen LogP contribution is -2.37. The summed E-state index contributed by atoms with van der Waals surface area (Å²) >= 11 is 1.82. The van der Waals surface area contributed by atoms with Gasteiger partial charge in [-0.1, -0.05) is 54.4 Å². The highest BCUT2D eigenvalue weighted by Crippen LogP contribution is 2.60. The van der Waals surface area contributed by atoms with Crippen LogP contribution >= 0.6 is 27.4 Å². The van der Waals surface area contributed by atoms with Crippen molar-refractivity contribution in [1.82, 2.24) is 35.3 Å². The summed E-state index contributed by atoms with van der Waals surface area (Å²) in [5.41, 5.74) is -1.70. The zero-order chi connectivity index (χ0) is 46.5. The first-order valence-corrected chi connectivity index (χ1v) is 25.3. The maximum absolute atomic E-state index is 12.2. The van der Waals surface area contributed by atoms with Crippen LogP contribution in [0, 0.1) is 0 Å². The molecule has 4 heterocycles. The van der Waals surface area contributed by atoms with Gasteiger partial charge in [0.1, 0.15) is 18.3 Å². The number of aromatic amines is 1. The van der Waals surface area contributed by atoms with Gasteiger partial charge in [0, 0.05) is 42.7 Å². The first-order valence-electron chi connectivity index (χ1n) is 21.3. The highest BCUT2D eigenvalue weighted by molar-refractivity contribution is 8.00. The number of hydrogen-bond acceptors (Lipinski definition) is 16. The Kier molecular flexibility index (Phi) is 25.3. The molecule has 3 aliphatic rings. The zero-order valence-corrected chi connectivity index (χ0v) is 39.2. The number of H-pyrrole nitrogens is 1. The molecule has 25 heteroatoms. The second-order valence-corrected chi connectivity index (χ2v) is 18.8. The average Bonchev–Trinajstić information content (AvgIpc) is 3.86. The molecule has 0 radical (unpaired) electrons. The average molecular weight is 946 g/mol. The van der Waals surface area contributed by atoms with Gasteiger partial charge in [0.25, 0.3) is 5.56 Å². The van der Waals surface area contributed by atoms with Gasteiger partial charge in [-0.05, 0) is 65.0 Å². The number of nitrogens with zero attached hydrogens (tertiary/aromatic N) is 3. The summed E-state index contributed by atoms with van der Waals surface area (Å²) in [6, 6.07) is 1.12. The fourth-order valence-corrected chi connectivity index (χ4v) is 10.3. The van der Waals surface area contributed by atoms with Crippen molar-refractivity contribution in [2.75, 3.05) is 58.2 Å². The maximum atomic E-state index is 12.2. The van der Waals surface area contributed by atoms with Crippen LogP contribution in [0.1, 0.15) is 99.1 Å². The van der Waals surface area contributed by atoms with Gasteiger partial charge in [-0.15, -0.1) is 0 Å². The molecule has 3 fully saturated rings. The van der Waals surface area contributed by atoms with E-state index in [-0.39, 0.29) is 36.9 Å². The fourth-order valence-electron chi connectivity index (χ4n) is 6.74. The van der Waals surface area contributed by atoms with E-state index in [0.29, 0.717) is 37.5 Å². The van der Waals surface area contributed by atoms with E-state index >= 15 is 0 Å². The number of urea groups is 1. The molecule has 358 valence electrons. The summed E-state index contributed by atoms with van der Waals surface area (Å²) in [4.78, 5) is 85.1. The van der Waals surface area contributed by atoms with Gasteiger partial charge >= 0.3 is 33.3 Å². The van der Waals surface area contributed by atoms with Crippen molar-refractivity contribution in [1.29, 1.82) is 0 Å². The molecule has 4 rings (SSSR count). The van der Waals surface area contributed by atoms with Crippen molar-refractivity contribution in [3.05, 3.63) is 33.1 Å². The summed E-state index contributed by atoms with van der Waals surface area (Å²) in [6.45, 7) is 19.6. The minimum Gasteiger partial charge on any atom is -0.387 e. The number of ether oxygens (including phenoxy) is 1. The largest absolute Gasteiger partial charge is 0.538 e. The minimum atomic E-state index is -5.43. The summed E-state index contributed by atoms with van der Waals surface area (Å²) in [5, 5.41) is 29.4. The van der Waals surface area contributed by atoms with Crippen LogP contribution in [-0.2, 0) is 36.8 Å². The first kappa shape index (κ1) is 55.5. The van der Waals surface area contributed by atoms with Crippen LogP contribution < -0.4 is 27.2 Å². The minimum absolute atomic E-state index is 0.106. The monoisotopic (exact) mass is 945 g/mol. The molecule has 8 N–H and O–H groups in total. The Labute approximate surface area is 367 Å². The predicted molar refractivity (Wildman–Crippen MR) is 232 cm³/mol. The number of amides is 3. The highest BCUT2D eigenvalue weighted by atomic mass is 32.2. The molecule has 1 aromatic rings. The number of nitrogens with one attached hydrogen (secondary N) is 4. The van der Waals surface area contributed by atoms with E-state index in [1.807, 2.05) is 16.7 Å². The molecular formula is C37H69N7O15P2S. The smallest absolute Gasteiger partial charge is 0.387 e. The summed E-state index contributed by atoms with van der Waals surface area (Å²) in [7, 11) is -10.8. The number of rotatable bonds is 24. The molecule has 3 saturated heterocycles. The molecule has 3 aliphatic heterocycles. The molecule has 3 amide bonds. The second-order valence-electron chi connectivity index (χ2n) is 14.6. The predicted octanol–water partition coefficient (Wildman–Crippen LogP) is 2.03. The molecule has 22 nitrogen and oxygen atoms in total. The highest BCUT2D eigenvalue weighted by Gasteiger charge is 2.46. The van der Waals surface area contributed by atoms with Crippen LogP contribution in [0.5, 0.6) is 0 Å². The standard InChI is InChI=1S/C25H39N5O15P2S.2C6H15N/c31-17(7-4-3-6-16-20-14(13-48-16)27-24(36)29-20)26-10-5-1-2-8-19(33)44-47(40,41)45-46(38,39)42-12-15-21(34)22(35)23(43-15)30-11-9-18(32)28-25(30)37;2*1-4-7(5-2)6-3/h9,11,14-16,20-23,34-35H,1-8,10,12-13H2,(H,26,31)(H,38,39)(H,40,41)(H2,27,29,36)(H,28,32,37);2*4-6H2,1-3H3. The summed E-state index contributed by atoms with van der Waals surface area (Å²) in [6.07, 6.45) is -1.84. The number of carbonyl (C=O) groups excluding carboxylic acids is 3. The molecule has 0 bridgehead atoms. The Morgan fingerprint density at radius 2 is 1.48 bits per heavy atom. The van der Waals surface area contributed by atoms with Gasteiger partial charge < -0.3 is 50.1 Å². The molecule has 0 aliphatic carbocycles. The van der Waals surface area contributed by atoms with Gasteiger partial charge in [-0.25, -0.2) is 18.7 Å². The van der Waals surface area contributed by atoms with Crippen LogP contribution in [0.2, 0.25) is 0 Å². The first-order chi connectivity index (χ1) is 29.3. The van der Waals surface area contributed by atoms with E-state index in [2.05, 4.69) is 80.7 Å². The van der Waals surface area contributed by atoms with Crippen LogP contribution in [-0.4, -0.2) is 151 Å². The normalized spacial score (nSPS) is 24.7. The lowest BCUT2D eigenvalue weighted by molar-refractivity contribution is -0.135. The number of carbonyl (C=O) groups is 3. The summed E-state index contributed by atoms with van der Waals surface area (Å²) < 4.78 is 43.4. The maximum Gasteiger partial charge on any atom is 0.538 e. The Bertz CT molecular complexity index is 1710. The number of aliphatic hydroxyl groups excluding tert-OH is 2. The van der Waals surface area contributed by atoms with E-state index in [9.17, 15) is 53.1 Å². The zero-order valence-electron chi connectivity index (χ0n) is 36.6. The quantitative estimate of drug-likeness (QED) is 0.0418. The van der Waals surface area contributed by atoms with E-state index in [0.717, 1.165) is 35.4 Å². The third kappa shape index (κ3) is 19.6. The van der Waals surface area contributed by atoms with E-state index in [1.165, 1.54) is 39.3 Å². The van der Waals surface area contributed by atoms with Crippen molar-refractivity contribution in [2.24, 2.45) is 0 Å². The van der Waals surface area contributed by atoms with E-state index < -0.39 is 64.0 Å². The van der Waals surface area contributed by atoms with Crippen molar-refractivity contribution < 1.29 is 61.6 Å². The Balaban J connectivity index is 0.000000811. The van der Waals surface area contributed by atoms with Gasteiger partial charge in [-0.3, -0.25) is 33.4 Å². The van der Waals surface area contributed by atoms with Crippen LogP contribution in [0.15, 0.2) is 21.9 Å². The number of aliphatic hydroxyl groups is 2. The number of aromatic nitrogens is 2. The molecule has 9 unspecified atom stereocenters. The van der Waals surface area contributed by atoms with Crippen molar-refractivity contribution >= 4 is 45.3 Å². The van der Waals surface area contributed by atoms with Gasteiger partial charge in [-0.2, -0.15) is 16.1 Å². The molecule has 1 aromatic heterocycles. The molecule has 62 heavy (non-hydrogen) atoms. The number of fused-ring (bicyclic) bond motifs is 1. The van der Waals surface area contributed by atoms with Crippen molar-refractivity contribution in [3.8, 4) is 0 Å². The number of thioether (sulfide) groups is 1. The molecular weight excluding hydrogens is 876 g/mol. The number of phosphoric ester groups is 2. The SMILES string of the molecule is CCN(CC)CC.CCN(CC)CC.O=C(CCCCC1SCC2NC(=O)NC21)NCCCCCC(=O)OP(=O)(O)OP(=O)(O)OCC1OC(n2ccc(=O)[nH]c2=O)C(O)C1O. The lowest BCUT2D eigenvalue weighted by atomic mass is 10.0. The molecule has 9 atom stereocenters. The lowest BCUT2D eigenvalue weighted by Gasteiger charge is -2.19. The van der Waals surface area contributed by atoms with Crippen LogP contribution in [0.25, 0.3) is 0 Å². The van der Waals surface area contributed by atoms with Gasteiger partial charge in [0.15, 0.2) is 6.23 Å². The van der Waals surface area contributed by atoms with Crippen LogP contribution in [0.4, 0.5) is 4.79 Å². The second kappa shape index (κ2) is 28.3. The topological polar surface area (TPSA) is 301 Å². The third-order valence-electron chi connectivity index (χ3n) is 10.4. The Morgan fingerprint density at radius 1 is 0.871 bits per heavy atom. The number of phosphoric acid groups is 2. The number of unbranched alkanes of at least 4 members (excludes halogenated alkanes) is 3. The van der Waals surface area contributed by atoms with Crippen molar-refractivity contribution in [3.63, 3.8) is 0 Å². The van der Waals surface area contributed by atoms with E-state index in [4.69, 9.17) is 4.74 Å². The van der Waals surface area contributed by atoms with Gasteiger partial charge in [0.2, 0.25) is 5.91 Å². The van der Waals surface area contributed by atoms with Crippen molar-refractivity contribution in [2.45, 2.75) is 135 Å². The van der Waals surface area contributed by atoms with Gasteiger partial charge in [0.05, 0.1) is 18.7 Å². The Hall–Kier alpha value is -2.66. The number of hydrogen-bond donors (Lipinski definition) is 8. The fraction of sp³-hybridized carbons (Fsp3) is 0.811.